The van der Waals surface area contributed by atoms with Gasteiger partial charge in [0.1, 0.15) is 5.69 Å². The topological polar surface area (TPSA) is 48.6 Å². The van der Waals surface area contributed by atoms with Crippen molar-refractivity contribution in [1.29, 1.82) is 0 Å². The van der Waals surface area contributed by atoms with Gasteiger partial charge in [0.05, 0.1) is 6.10 Å². The van der Waals surface area contributed by atoms with Crippen molar-refractivity contribution in [2.45, 2.75) is 45.1 Å². The van der Waals surface area contributed by atoms with Gasteiger partial charge in [-0.3, -0.25) is 4.79 Å². The molecular formula is C18H29N3O2. The summed E-state index contributed by atoms with van der Waals surface area (Å²) in [4.78, 5) is 20.4. The standard InChI is InChI=1S/C18H29N3O2/c1-2-15-7-8-17(19-15)18(22)21-11-6-12-23-16(14-21)13-20-9-4-3-5-10-20/h7-8,16,19H,2-6,9-14H2,1H3. The summed E-state index contributed by atoms with van der Waals surface area (Å²) in [5.41, 5.74) is 1.82. The highest BCUT2D eigenvalue weighted by Gasteiger charge is 2.26. The molecule has 0 spiro atoms. The van der Waals surface area contributed by atoms with E-state index in [0.717, 1.165) is 38.2 Å². The van der Waals surface area contributed by atoms with Gasteiger partial charge in [-0.1, -0.05) is 13.3 Å². The molecule has 1 N–H and O–H groups in total. The minimum atomic E-state index is 0.110. The molecule has 0 aliphatic carbocycles. The van der Waals surface area contributed by atoms with Crippen LogP contribution in [0.2, 0.25) is 0 Å². The van der Waals surface area contributed by atoms with Crippen molar-refractivity contribution in [2.24, 2.45) is 0 Å². The van der Waals surface area contributed by atoms with Gasteiger partial charge in [-0.25, -0.2) is 0 Å². The molecule has 128 valence electrons. The van der Waals surface area contributed by atoms with Crippen molar-refractivity contribution in [3.63, 3.8) is 0 Å². The molecule has 5 heteroatoms. The zero-order valence-corrected chi connectivity index (χ0v) is 14.2. The predicted molar refractivity (Wildman–Crippen MR) is 90.7 cm³/mol. The largest absolute Gasteiger partial charge is 0.375 e. The highest BCUT2D eigenvalue weighted by molar-refractivity contribution is 5.92. The summed E-state index contributed by atoms with van der Waals surface area (Å²) < 4.78 is 6.00. The minimum Gasteiger partial charge on any atom is -0.375 e. The number of rotatable bonds is 4. The summed E-state index contributed by atoms with van der Waals surface area (Å²) in [5.74, 6) is 0.110. The second-order valence-corrected chi connectivity index (χ2v) is 6.71. The summed E-state index contributed by atoms with van der Waals surface area (Å²) in [6, 6.07) is 3.92. The predicted octanol–water partition coefficient (Wildman–Crippen LogP) is 2.29. The molecular weight excluding hydrogens is 290 g/mol. The van der Waals surface area contributed by atoms with E-state index < -0.39 is 0 Å². The average molecular weight is 319 g/mol. The quantitative estimate of drug-likeness (QED) is 0.926. The van der Waals surface area contributed by atoms with E-state index in [9.17, 15) is 4.79 Å². The first-order valence-corrected chi connectivity index (χ1v) is 9.07. The number of H-pyrrole nitrogens is 1. The normalized spacial score (nSPS) is 23.7. The molecule has 1 aromatic rings. The van der Waals surface area contributed by atoms with Gasteiger partial charge in [-0.15, -0.1) is 0 Å². The molecule has 1 atom stereocenters. The first kappa shape index (κ1) is 16.5. The first-order valence-electron chi connectivity index (χ1n) is 9.07. The van der Waals surface area contributed by atoms with Crippen LogP contribution in [-0.4, -0.2) is 66.1 Å². The van der Waals surface area contributed by atoms with E-state index in [1.807, 2.05) is 17.0 Å². The van der Waals surface area contributed by atoms with Gasteiger partial charge in [0, 0.05) is 31.9 Å². The number of carbonyl (C=O) groups excluding carboxylic acids is 1. The number of hydrogen-bond acceptors (Lipinski definition) is 3. The van der Waals surface area contributed by atoms with Crippen molar-refractivity contribution in [3.8, 4) is 0 Å². The minimum absolute atomic E-state index is 0.110. The first-order chi connectivity index (χ1) is 11.3. The molecule has 0 bridgehead atoms. The highest BCUT2D eigenvalue weighted by Crippen LogP contribution is 2.15. The second-order valence-electron chi connectivity index (χ2n) is 6.71. The number of aryl methyl sites for hydroxylation is 1. The fourth-order valence-corrected chi connectivity index (χ4v) is 3.56. The number of aromatic amines is 1. The van der Waals surface area contributed by atoms with Gasteiger partial charge in [-0.2, -0.15) is 0 Å². The summed E-state index contributed by atoms with van der Waals surface area (Å²) in [6.07, 6.45) is 5.91. The summed E-state index contributed by atoms with van der Waals surface area (Å²) in [7, 11) is 0. The number of aromatic nitrogens is 1. The van der Waals surface area contributed by atoms with Gasteiger partial charge < -0.3 is 19.5 Å². The number of nitrogens with zero attached hydrogens (tertiary/aromatic N) is 2. The molecule has 3 heterocycles. The summed E-state index contributed by atoms with van der Waals surface area (Å²) in [6.45, 7) is 7.64. The molecule has 0 aromatic carbocycles. The molecule has 1 amide bonds. The number of likely N-dealkylation sites (tertiary alicyclic amines) is 1. The van der Waals surface area contributed by atoms with Crippen LogP contribution in [0.1, 0.15) is 48.8 Å². The molecule has 1 unspecified atom stereocenters. The Morgan fingerprint density at radius 1 is 1.22 bits per heavy atom. The molecule has 2 saturated heterocycles. The van der Waals surface area contributed by atoms with Crippen LogP contribution in [0.5, 0.6) is 0 Å². The van der Waals surface area contributed by atoms with E-state index in [-0.39, 0.29) is 12.0 Å². The smallest absolute Gasteiger partial charge is 0.270 e. The molecule has 3 rings (SSSR count). The molecule has 0 saturated carbocycles. The number of ether oxygens (including phenoxy) is 1. The maximum atomic E-state index is 12.7. The maximum absolute atomic E-state index is 12.7. The van der Waals surface area contributed by atoms with Crippen LogP contribution in [0.25, 0.3) is 0 Å². The van der Waals surface area contributed by atoms with E-state index in [1.165, 1.54) is 32.4 Å². The van der Waals surface area contributed by atoms with Gasteiger partial charge in [-0.05, 0) is 50.9 Å². The summed E-state index contributed by atoms with van der Waals surface area (Å²) >= 11 is 0. The van der Waals surface area contributed by atoms with Gasteiger partial charge in [0.25, 0.3) is 5.91 Å². The van der Waals surface area contributed by atoms with E-state index in [0.29, 0.717) is 12.2 Å². The van der Waals surface area contributed by atoms with Gasteiger partial charge in [0.15, 0.2) is 0 Å². The van der Waals surface area contributed by atoms with Crippen molar-refractivity contribution >= 4 is 5.91 Å². The third-order valence-corrected chi connectivity index (χ3v) is 4.91. The summed E-state index contributed by atoms with van der Waals surface area (Å²) in [5, 5.41) is 0. The van der Waals surface area contributed by atoms with Crippen molar-refractivity contribution < 1.29 is 9.53 Å². The van der Waals surface area contributed by atoms with Gasteiger partial charge >= 0.3 is 0 Å². The number of amides is 1. The number of nitrogens with one attached hydrogen (secondary N) is 1. The average Bonchev–Trinajstić information content (AvgIpc) is 2.95. The Morgan fingerprint density at radius 2 is 2.04 bits per heavy atom. The lowest BCUT2D eigenvalue weighted by Crippen LogP contribution is -2.44. The zero-order valence-electron chi connectivity index (χ0n) is 14.2. The molecule has 2 aliphatic rings. The molecule has 0 radical (unpaired) electrons. The lowest BCUT2D eigenvalue weighted by molar-refractivity contribution is 0.0215. The van der Waals surface area contributed by atoms with Crippen LogP contribution in [0.3, 0.4) is 0 Å². The van der Waals surface area contributed by atoms with Gasteiger partial charge in [0.2, 0.25) is 0 Å². The van der Waals surface area contributed by atoms with E-state index >= 15 is 0 Å². The van der Waals surface area contributed by atoms with Crippen LogP contribution in [0, 0.1) is 0 Å². The highest BCUT2D eigenvalue weighted by atomic mass is 16.5. The van der Waals surface area contributed by atoms with E-state index in [1.54, 1.807) is 0 Å². The number of hydrogen-bond donors (Lipinski definition) is 1. The Bertz CT molecular complexity index is 508. The van der Waals surface area contributed by atoms with Crippen molar-refractivity contribution in [3.05, 3.63) is 23.5 Å². The maximum Gasteiger partial charge on any atom is 0.270 e. The van der Waals surface area contributed by atoms with Crippen LogP contribution < -0.4 is 0 Å². The SMILES string of the molecule is CCc1ccc(C(=O)N2CCCOC(CN3CCCCC3)C2)[nH]1. The van der Waals surface area contributed by atoms with Crippen LogP contribution in [0.15, 0.2) is 12.1 Å². The molecule has 1 aromatic heterocycles. The fourth-order valence-electron chi connectivity index (χ4n) is 3.56. The molecule has 23 heavy (non-hydrogen) atoms. The Kier molecular flexibility index (Phi) is 5.73. The molecule has 2 fully saturated rings. The Labute approximate surface area is 139 Å². The number of piperidine rings is 1. The zero-order chi connectivity index (χ0) is 16.1. The van der Waals surface area contributed by atoms with Crippen molar-refractivity contribution in [2.75, 3.05) is 39.3 Å². The van der Waals surface area contributed by atoms with E-state index in [4.69, 9.17) is 4.74 Å². The van der Waals surface area contributed by atoms with Crippen LogP contribution >= 0.6 is 0 Å². The van der Waals surface area contributed by atoms with E-state index in [2.05, 4.69) is 16.8 Å². The fraction of sp³-hybridized carbons (Fsp3) is 0.722. The Hall–Kier alpha value is -1.33. The third kappa shape index (κ3) is 4.36. The lowest BCUT2D eigenvalue weighted by atomic mass is 10.1. The Balaban J connectivity index is 1.60. The molecule has 5 nitrogen and oxygen atoms in total. The lowest BCUT2D eigenvalue weighted by Gasteiger charge is -2.31. The van der Waals surface area contributed by atoms with Crippen LogP contribution in [0.4, 0.5) is 0 Å². The van der Waals surface area contributed by atoms with Crippen LogP contribution in [-0.2, 0) is 11.2 Å². The second kappa shape index (κ2) is 7.97. The monoisotopic (exact) mass is 319 g/mol. The number of carbonyl (C=O) groups is 1. The molecule has 2 aliphatic heterocycles. The Morgan fingerprint density at radius 3 is 2.78 bits per heavy atom. The van der Waals surface area contributed by atoms with Crippen molar-refractivity contribution in [1.82, 2.24) is 14.8 Å². The third-order valence-electron chi connectivity index (χ3n) is 4.91.